The molecular weight excluding hydrogens is 138 g/mol. The Labute approximate surface area is 58.3 Å². The average Bonchev–Trinajstić information content (AvgIpc) is 1.83. The van der Waals surface area contributed by atoms with E-state index in [1.54, 1.807) is 6.07 Å². The minimum absolute atomic E-state index is 0.359. The molecule has 1 aromatic rings. The van der Waals surface area contributed by atoms with Crippen molar-refractivity contribution in [1.29, 1.82) is 0 Å². The standard InChI is InChI=1S/C6H7ClNO/c1-5-3-2-4-8(9)6(5)7/h2-4,9H,1H3/q+1. The Kier molecular flexibility index (Phi) is 1.58. The van der Waals surface area contributed by atoms with Gasteiger partial charge in [-0.3, -0.25) is 5.21 Å². The van der Waals surface area contributed by atoms with Crippen LogP contribution >= 0.6 is 11.6 Å². The van der Waals surface area contributed by atoms with Crippen molar-refractivity contribution in [3.63, 3.8) is 0 Å². The molecule has 1 aromatic heterocycles. The Morgan fingerprint density at radius 2 is 2.33 bits per heavy atom. The van der Waals surface area contributed by atoms with E-state index >= 15 is 0 Å². The van der Waals surface area contributed by atoms with Gasteiger partial charge in [0.1, 0.15) is 0 Å². The molecule has 1 rings (SSSR count). The first-order chi connectivity index (χ1) is 4.22. The summed E-state index contributed by atoms with van der Waals surface area (Å²) in [7, 11) is 0. The molecule has 9 heavy (non-hydrogen) atoms. The first kappa shape index (κ1) is 6.36. The van der Waals surface area contributed by atoms with Gasteiger partial charge in [0.15, 0.2) is 0 Å². The number of nitrogens with zero attached hydrogens (tertiary/aromatic N) is 1. The summed E-state index contributed by atoms with van der Waals surface area (Å²) in [6.45, 7) is 1.83. The zero-order valence-corrected chi connectivity index (χ0v) is 5.76. The molecule has 0 radical (unpaired) electrons. The third-order valence-electron chi connectivity index (χ3n) is 1.10. The van der Waals surface area contributed by atoms with Crippen LogP contribution in [0, 0.1) is 6.92 Å². The molecule has 0 spiro atoms. The molecule has 3 heteroatoms. The van der Waals surface area contributed by atoms with Crippen LogP contribution in [0.5, 0.6) is 0 Å². The number of hydrogen-bond donors (Lipinski definition) is 1. The van der Waals surface area contributed by atoms with Crippen LogP contribution < -0.4 is 4.73 Å². The monoisotopic (exact) mass is 144 g/mol. The molecule has 0 aliphatic heterocycles. The van der Waals surface area contributed by atoms with Crippen LogP contribution in [0.4, 0.5) is 0 Å². The van der Waals surface area contributed by atoms with Gasteiger partial charge in [0.05, 0.1) is 0 Å². The summed E-state index contributed by atoms with van der Waals surface area (Å²) in [5.41, 5.74) is 0.863. The lowest BCUT2D eigenvalue weighted by Gasteiger charge is -1.88. The van der Waals surface area contributed by atoms with Gasteiger partial charge >= 0.3 is 5.15 Å². The molecule has 1 heterocycles. The van der Waals surface area contributed by atoms with Crippen molar-refractivity contribution >= 4 is 11.6 Å². The van der Waals surface area contributed by atoms with E-state index in [0.29, 0.717) is 5.15 Å². The van der Waals surface area contributed by atoms with E-state index < -0.39 is 0 Å². The Morgan fingerprint density at radius 1 is 1.67 bits per heavy atom. The second-order valence-corrected chi connectivity index (χ2v) is 2.18. The van der Waals surface area contributed by atoms with Gasteiger partial charge in [-0.1, -0.05) is 0 Å². The van der Waals surface area contributed by atoms with E-state index in [9.17, 15) is 0 Å². The summed E-state index contributed by atoms with van der Waals surface area (Å²) in [6, 6.07) is 3.55. The summed E-state index contributed by atoms with van der Waals surface area (Å²) in [5, 5.41) is 9.24. The largest absolute Gasteiger partial charge is 0.327 e. The Balaban J connectivity index is 3.25. The van der Waals surface area contributed by atoms with Gasteiger partial charge in [-0.2, -0.15) is 0 Å². The molecule has 0 unspecified atom stereocenters. The van der Waals surface area contributed by atoms with Gasteiger partial charge in [-0.25, -0.2) is 0 Å². The van der Waals surface area contributed by atoms with Crippen LogP contribution in [0.3, 0.4) is 0 Å². The molecule has 0 amide bonds. The Hall–Kier alpha value is -0.760. The van der Waals surface area contributed by atoms with Crippen molar-refractivity contribution in [2.75, 3.05) is 0 Å². The van der Waals surface area contributed by atoms with Gasteiger partial charge in [0, 0.05) is 16.4 Å². The molecule has 2 nitrogen and oxygen atoms in total. The number of hydrogen-bond acceptors (Lipinski definition) is 1. The molecule has 0 fully saturated rings. The Bertz CT molecular complexity index is 204. The van der Waals surface area contributed by atoms with E-state index in [4.69, 9.17) is 16.8 Å². The van der Waals surface area contributed by atoms with Crippen LogP contribution in [-0.4, -0.2) is 5.21 Å². The lowest BCUT2D eigenvalue weighted by molar-refractivity contribution is -0.903. The fourth-order valence-corrected chi connectivity index (χ4v) is 0.703. The molecule has 0 aliphatic rings. The highest BCUT2D eigenvalue weighted by molar-refractivity contribution is 6.29. The van der Waals surface area contributed by atoms with E-state index in [1.807, 2.05) is 13.0 Å². The first-order valence-electron chi connectivity index (χ1n) is 2.58. The Morgan fingerprint density at radius 3 is 2.78 bits per heavy atom. The smallest absolute Gasteiger partial charge is 0.284 e. The molecule has 0 saturated carbocycles. The molecule has 48 valence electrons. The number of rotatable bonds is 0. The predicted molar refractivity (Wildman–Crippen MR) is 33.6 cm³/mol. The number of halogens is 1. The third kappa shape index (κ3) is 1.13. The van der Waals surface area contributed by atoms with Crippen molar-refractivity contribution in [2.24, 2.45) is 0 Å². The lowest BCUT2D eigenvalue weighted by atomic mass is 10.3. The molecule has 0 aromatic carbocycles. The highest BCUT2D eigenvalue weighted by Gasteiger charge is 2.06. The van der Waals surface area contributed by atoms with Crippen molar-refractivity contribution in [1.82, 2.24) is 0 Å². The zero-order chi connectivity index (χ0) is 6.85. The molecule has 0 aliphatic carbocycles. The molecule has 0 bridgehead atoms. The van der Waals surface area contributed by atoms with Crippen LogP contribution in [-0.2, 0) is 0 Å². The predicted octanol–water partition coefficient (Wildman–Crippen LogP) is 1.17. The van der Waals surface area contributed by atoms with Gasteiger partial charge in [-0.05, 0) is 24.6 Å². The SMILES string of the molecule is Cc1ccc[n+](O)c1Cl. The van der Waals surface area contributed by atoms with Crippen molar-refractivity contribution in [2.45, 2.75) is 6.92 Å². The number of pyridine rings is 1. The maximum absolute atomic E-state index is 8.88. The van der Waals surface area contributed by atoms with Crippen LogP contribution in [0.1, 0.15) is 5.56 Å². The first-order valence-corrected chi connectivity index (χ1v) is 2.95. The second kappa shape index (κ2) is 2.23. The second-order valence-electron chi connectivity index (χ2n) is 1.83. The van der Waals surface area contributed by atoms with Gasteiger partial charge < -0.3 is 0 Å². The minimum atomic E-state index is 0.359. The summed E-state index contributed by atoms with van der Waals surface area (Å²) in [4.78, 5) is 0. The van der Waals surface area contributed by atoms with E-state index in [-0.39, 0.29) is 0 Å². The normalized spacial score (nSPS) is 9.56. The molecule has 0 atom stereocenters. The molecule has 0 saturated heterocycles. The quantitative estimate of drug-likeness (QED) is 0.330. The van der Waals surface area contributed by atoms with Crippen molar-refractivity contribution in [3.05, 3.63) is 29.0 Å². The maximum Gasteiger partial charge on any atom is 0.327 e. The number of aromatic nitrogens is 1. The highest BCUT2D eigenvalue weighted by Crippen LogP contribution is 2.05. The topological polar surface area (TPSA) is 24.1 Å². The fraction of sp³-hybridized carbons (Fsp3) is 0.167. The van der Waals surface area contributed by atoms with Crippen molar-refractivity contribution in [3.8, 4) is 0 Å². The van der Waals surface area contributed by atoms with Crippen LogP contribution in [0.15, 0.2) is 18.3 Å². The molecule has 1 N–H and O–H groups in total. The summed E-state index contributed by atoms with van der Waals surface area (Å²) in [6.07, 6.45) is 1.48. The zero-order valence-electron chi connectivity index (χ0n) is 5.00. The highest BCUT2D eigenvalue weighted by atomic mass is 35.5. The van der Waals surface area contributed by atoms with E-state index in [0.717, 1.165) is 10.3 Å². The van der Waals surface area contributed by atoms with Gasteiger partial charge in [0.25, 0.3) is 0 Å². The minimum Gasteiger partial charge on any atom is -0.284 e. The fourth-order valence-electron chi connectivity index (χ4n) is 0.584. The summed E-state index contributed by atoms with van der Waals surface area (Å²) in [5.74, 6) is 0. The maximum atomic E-state index is 8.88. The van der Waals surface area contributed by atoms with Gasteiger partial charge in [0.2, 0.25) is 6.20 Å². The summed E-state index contributed by atoms with van der Waals surface area (Å²) >= 11 is 5.59. The van der Waals surface area contributed by atoms with E-state index in [1.165, 1.54) is 6.20 Å². The molecular formula is C6H7ClNO+. The van der Waals surface area contributed by atoms with Gasteiger partial charge in [-0.15, -0.1) is 0 Å². The summed E-state index contributed by atoms with van der Waals surface area (Å²) < 4.78 is 0.886. The number of aryl methyl sites for hydroxylation is 1. The average molecular weight is 145 g/mol. The lowest BCUT2D eigenvalue weighted by Crippen LogP contribution is -2.30. The van der Waals surface area contributed by atoms with Crippen molar-refractivity contribution < 1.29 is 9.94 Å². The van der Waals surface area contributed by atoms with Crippen LogP contribution in [0.2, 0.25) is 5.15 Å². The van der Waals surface area contributed by atoms with E-state index in [2.05, 4.69) is 0 Å². The third-order valence-corrected chi connectivity index (χ3v) is 1.57. The van der Waals surface area contributed by atoms with Crippen LogP contribution in [0.25, 0.3) is 0 Å².